The van der Waals surface area contributed by atoms with Gasteiger partial charge in [-0.25, -0.2) is 8.78 Å². The van der Waals surface area contributed by atoms with E-state index in [1.807, 2.05) is 22.6 Å². The minimum Gasteiger partial charge on any atom is -0.398 e. The first-order chi connectivity index (χ1) is 6.43. The Balaban J connectivity index is 3.39. The lowest BCUT2D eigenvalue weighted by Gasteiger charge is -2.08. The highest BCUT2D eigenvalue weighted by Gasteiger charge is 2.17. The lowest BCUT2D eigenvalue weighted by molar-refractivity contribution is 0.0999. The third-order valence-electron chi connectivity index (χ3n) is 1.78. The normalized spacial score (nSPS) is 10.6. The molecule has 0 heterocycles. The van der Waals surface area contributed by atoms with Crippen LogP contribution in [0.1, 0.15) is 29.3 Å². The monoisotopic (exact) mass is 311 g/mol. The highest BCUT2D eigenvalue weighted by Crippen LogP contribution is 2.28. The highest BCUT2D eigenvalue weighted by atomic mass is 127. The molecule has 1 rings (SSSR count). The minimum absolute atomic E-state index is 0.0404. The molecule has 0 aliphatic rings. The van der Waals surface area contributed by atoms with E-state index in [4.69, 9.17) is 5.73 Å². The van der Waals surface area contributed by atoms with Gasteiger partial charge in [-0.1, -0.05) is 0 Å². The second-order valence-electron chi connectivity index (χ2n) is 2.82. The van der Waals surface area contributed by atoms with Crippen molar-refractivity contribution in [2.45, 2.75) is 13.3 Å². The molecule has 0 saturated carbocycles. The van der Waals surface area contributed by atoms with Crippen LogP contribution in [0.4, 0.5) is 14.5 Å². The molecule has 76 valence electrons. The third kappa shape index (κ3) is 2.20. The second kappa shape index (κ2) is 4.20. The molecular weight excluding hydrogens is 303 g/mol. The van der Waals surface area contributed by atoms with E-state index in [-0.39, 0.29) is 22.6 Å². The summed E-state index contributed by atoms with van der Waals surface area (Å²) < 4.78 is 25.6. The number of nitrogen functional groups attached to an aromatic ring is 1. The number of ketones is 1. The molecule has 0 radical (unpaired) electrons. The van der Waals surface area contributed by atoms with Crippen LogP contribution in [-0.2, 0) is 0 Å². The van der Waals surface area contributed by atoms with Crippen molar-refractivity contribution in [3.8, 4) is 0 Å². The number of halogens is 3. The van der Waals surface area contributed by atoms with Crippen LogP contribution in [0.25, 0.3) is 0 Å². The Labute approximate surface area is 93.6 Å². The number of carbonyl (C=O) groups excluding carboxylic acids is 1. The van der Waals surface area contributed by atoms with Crippen LogP contribution < -0.4 is 5.73 Å². The first-order valence-corrected chi connectivity index (χ1v) is 4.89. The van der Waals surface area contributed by atoms with Crippen molar-refractivity contribution in [1.29, 1.82) is 0 Å². The van der Waals surface area contributed by atoms with Gasteiger partial charge >= 0.3 is 0 Å². The predicted octanol–water partition coefficient (Wildman–Crippen LogP) is 3.01. The molecule has 14 heavy (non-hydrogen) atoms. The lowest BCUT2D eigenvalue weighted by Crippen LogP contribution is -2.03. The van der Waals surface area contributed by atoms with Crippen LogP contribution in [0.2, 0.25) is 0 Å². The number of rotatable bonds is 2. The SMILES string of the molecule is CC(=O)c1cc(I)c(N)cc1C(F)F. The second-order valence-corrected chi connectivity index (χ2v) is 3.98. The summed E-state index contributed by atoms with van der Waals surface area (Å²) in [6.45, 7) is 1.26. The number of benzene rings is 1. The summed E-state index contributed by atoms with van der Waals surface area (Å²) in [5, 5.41) is 0. The molecule has 1 aromatic carbocycles. The zero-order valence-electron chi connectivity index (χ0n) is 7.35. The molecule has 5 heteroatoms. The predicted molar refractivity (Wildman–Crippen MR) is 58.5 cm³/mol. The number of hydrogen-bond acceptors (Lipinski definition) is 2. The van der Waals surface area contributed by atoms with Gasteiger partial charge in [-0.05, 0) is 41.6 Å². The van der Waals surface area contributed by atoms with E-state index in [0.717, 1.165) is 6.07 Å². The average Bonchev–Trinajstić information content (AvgIpc) is 2.08. The molecular formula is C9H8F2INO. The molecule has 0 bridgehead atoms. The number of hydrogen-bond donors (Lipinski definition) is 1. The topological polar surface area (TPSA) is 43.1 Å². The van der Waals surface area contributed by atoms with Crippen LogP contribution in [0, 0.1) is 3.57 Å². The first kappa shape index (κ1) is 11.4. The van der Waals surface area contributed by atoms with Crippen molar-refractivity contribution in [2.24, 2.45) is 0 Å². The third-order valence-corrected chi connectivity index (χ3v) is 2.72. The maximum atomic E-state index is 12.5. The van der Waals surface area contributed by atoms with Gasteiger partial charge in [0, 0.05) is 20.4 Å². The average molecular weight is 311 g/mol. The van der Waals surface area contributed by atoms with Crippen molar-refractivity contribution < 1.29 is 13.6 Å². The van der Waals surface area contributed by atoms with E-state index in [9.17, 15) is 13.6 Å². The van der Waals surface area contributed by atoms with Gasteiger partial charge in [0.15, 0.2) is 5.78 Å². The molecule has 1 aromatic rings. The van der Waals surface area contributed by atoms with E-state index in [1.54, 1.807) is 0 Å². The zero-order chi connectivity index (χ0) is 10.9. The zero-order valence-corrected chi connectivity index (χ0v) is 9.51. The smallest absolute Gasteiger partial charge is 0.264 e. The molecule has 0 unspecified atom stereocenters. The summed E-state index contributed by atoms with van der Waals surface area (Å²) in [5.74, 6) is -0.377. The molecule has 0 amide bonds. The fourth-order valence-corrected chi connectivity index (χ4v) is 1.56. The summed E-state index contributed by atoms with van der Waals surface area (Å²) >= 11 is 1.90. The number of nitrogens with two attached hydrogens (primary N) is 1. The van der Waals surface area contributed by atoms with Crippen molar-refractivity contribution >= 4 is 34.1 Å². The summed E-state index contributed by atoms with van der Waals surface area (Å²) in [4.78, 5) is 11.1. The summed E-state index contributed by atoms with van der Waals surface area (Å²) in [7, 11) is 0. The van der Waals surface area contributed by atoms with Gasteiger partial charge in [-0.2, -0.15) is 0 Å². The van der Waals surface area contributed by atoms with Gasteiger partial charge in [0.2, 0.25) is 0 Å². The Kier molecular flexibility index (Phi) is 3.41. The molecule has 2 nitrogen and oxygen atoms in total. The molecule has 0 aliphatic carbocycles. The Morgan fingerprint density at radius 3 is 2.50 bits per heavy atom. The Bertz CT molecular complexity index is 379. The number of anilines is 1. The molecule has 0 fully saturated rings. The maximum Gasteiger partial charge on any atom is 0.264 e. The highest BCUT2D eigenvalue weighted by molar-refractivity contribution is 14.1. The van der Waals surface area contributed by atoms with Crippen LogP contribution in [0.3, 0.4) is 0 Å². The lowest BCUT2D eigenvalue weighted by atomic mass is 10.0. The first-order valence-electron chi connectivity index (χ1n) is 3.81. The van der Waals surface area contributed by atoms with Gasteiger partial charge < -0.3 is 5.73 Å². The fraction of sp³-hybridized carbons (Fsp3) is 0.222. The Morgan fingerprint density at radius 2 is 2.07 bits per heavy atom. The largest absolute Gasteiger partial charge is 0.398 e. The van der Waals surface area contributed by atoms with E-state index in [0.29, 0.717) is 3.57 Å². The standard InChI is InChI=1S/C9H8F2INO/c1-4(14)5-2-7(12)8(13)3-6(5)9(10)11/h2-3,9H,13H2,1H3. The van der Waals surface area contributed by atoms with Crippen LogP contribution in [0.15, 0.2) is 12.1 Å². The van der Waals surface area contributed by atoms with Crippen LogP contribution >= 0.6 is 22.6 Å². The number of alkyl halides is 2. The van der Waals surface area contributed by atoms with Crippen molar-refractivity contribution in [3.63, 3.8) is 0 Å². The quantitative estimate of drug-likeness (QED) is 0.518. The molecule has 0 spiro atoms. The number of Topliss-reactive ketones (excluding diaryl/α,β-unsaturated/α-hetero) is 1. The molecule has 2 N–H and O–H groups in total. The molecule has 0 saturated heterocycles. The Hall–Kier alpha value is -0.720. The van der Waals surface area contributed by atoms with E-state index in [2.05, 4.69) is 0 Å². The molecule has 0 aromatic heterocycles. The summed E-state index contributed by atoms with van der Waals surface area (Å²) in [5.41, 5.74) is 5.49. The summed E-state index contributed by atoms with van der Waals surface area (Å²) in [6.07, 6.45) is -2.67. The Morgan fingerprint density at radius 1 is 1.50 bits per heavy atom. The van der Waals surface area contributed by atoms with Crippen LogP contribution in [0.5, 0.6) is 0 Å². The van der Waals surface area contributed by atoms with E-state index >= 15 is 0 Å². The van der Waals surface area contributed by atoms with E-state index < -0.39 is 6.43 Å². The molecule has 0 atom stereocenters. The van der Waals surface area contributed by atoms with Crippen molar-refractivity contribution in [1.82, 2.24) is 0 Å². The number of carbonyl (C=O) groups is 1. The van der Waals surface area contributed by atoms with Gasteiger partial charge in [0.1, 0.15) is 0 Å². The van der Waals surface area contributed by atoms with Crippen molar-refractivity contribution in [2.75, 3.05) is 5.73 Å². The summed E-state index contributed by atoms with van der Waals surface area (Å²) in [6, 6.07) is 2.54. The van der Waals surface area contributed by atoms with Gasteiger partial charge in [0.05, 0.1) is 0 Å². The van der Waals surface area contributed by atoms with Crippen molar-refractivity contribution in [3.05, 3.63) is 26.8 Å². The van der Waals surface area contributed by atoms with Gasteiger partial charge in [-0.3, -0.25) is 4.79 Å². The van der Waals surface area contributed by atoms with Crippen LogP contribution in [-0.4, -0.2) is 5.78 Å². The minimum atomic E-state index is -2.67. The van der Waals surface area contributed by atoms with E-state index in [1.165, 1.54) is 13.0 Å². The maximum absolute atomic E-state index is 12.5. The molecule has 0 aliphatic heterocycles. The van der Waals surface area contributed by atoms with Gasteiger partial charge in [-0.15, -0.1) is 0 Å². The van der Waals surface area contributed by atoms with Gasteiger partial charge in [0.25, 0.3) is 6.43 Å². The fourth-order valence-electron chi connectivity index (χ4n) is 1.09.